The monoisotopic (exact) mass is 348 g/mol. The van der Waals surface area contributed by atoms with Gasteiger partial charge in [-0.1, -0.05) is 6.07 Å². The van der Waals surface area contributed by atoms with Crippen LogP contribution in [0.15, 0.2) is 55.0 Å². The van der Waals surface area contributed by atoms with E-state index in [4.69, 9.17) is 4.74 Å². The first-order chi connectivity index (χ1) is 12.8. The van der Waals surface area contributed by atoms with Crippen molar-refractivity contribution < 1.29 is 9.84 Å². The molecule has 8 heteroatoms. The smallest absolute Gasteiger partial charge is 0.213 e. The van der Waals surface area contributed by atoms with Gasteiger partial charge in [0.15, 0.2) is 5.82 Å². The molecule has 4 rings (SSSR count). The normalized spacial score (nSPS) is 10.8. The average Bonchev–Trinajstić information content (AvgIpc) is 3.17. The topological polar surface area (TPSA) is 97.5 Å². The van der Waals surface area contributed by atoms with Crippen LogP contribution in [0.3, 0.4) is 0 Å². The number of pyridine rings is 2. The SMILES string of the molecule is COc1cccc(-c2nc(Nc3ccncc3CO)c3cccn3n2)n1. The van der Waals surface area contributed by atoms with Crippen molar-refractivity contribution in [2.45, 2.75) is 6.61 Å². The Morgan fingerprint density at radius 3 is 2.92 bits per heavy atom. The summed E-state index contributed by atoms with van der Waals surface area (Å²) in [4.78, 5) is 13.1. The molecule has 0 saturated carbocycles. The van der Waals surface area contributed by atoms with Crippen molar-refractivity contribution in [3.8, 4) is 17.4 Å². The minimum Gasteiger partial charge on any atom is -0.481 e. The van der Waals surface area contributed by atoms with Crippen LogP contribution in [-0.2, 0) is 6.61 Å². The lowest BCUT2D eigenvalue weighted by Crippen LogP contribution is -2.05. The van der Waals surface area contributed by atoms with Gasteiger partial charge in [0.05, 0.1) is 13.7 Å². The first kappa shape index (κ1) is 16.0. The quantitative estimate of drug-likeness (QED) is 0.571. The highest BCUT2D eigenvalue weighted by molar-refractivity contribution is 5.75. The zero-order valence-electron chi connectivity index (χ0n) is 14.0. The fourth-order valence-electron chi connectivity index (χ4n) is 2.59. The lowest BCUT2D eigenvalue weighted by Gasteiger charge is -2.12. The Hall–Kier alpha value is -3.52. The van der Waals surface area contributed by atoms with Gasteiger partial charge in [-0.25, -0.2) is 14.5 Å². The van der Waals surface area contributed by atoms with Crippen LogP contribution in [0.5, 0.6) is 5.88 Å². The van der Waals surface area contributed by atoms with E-state index in [1.54, 1.807) is 36.2 Å². The van der Waals surface area contributed by atoms with Crippen molar-refractivity contribution in [3.05, 3.63) is 60.6 Å². The molecule has 0 amide bonds. The van der Waals surface area contributed by atoms with Gasteiger partial charge in [-0.2, -0.15) is 0 Å². The highest BCUT2D eigenvalue weighted by atomic mass is 16.5. The predicted molar refractivity (Wildman–Crippen MR) is 96.2 cm³/mol. The molecule has 0 unspecified atom stereocenters. The fraction of sp³-hybridized carbons (Fsp3) is 0.111. The molecule has 0 aliphatic carbocycles. The third-order valence-corrected chi connectivity index (χ3v) is 3.88. The number of ether oxygens (including phenoxy) is 1. The van der Waals surface area contributed by atoms with Crippen LogP contribution < -0.4 is 10.1 Å². The number of aliphatic hydroxyl groups is 1. The number of anilines is 2. The molecule has 0 radical (unpaired) electrons. The molecule has 0 saturated heterocycles. The summed E-state index contributed by atoms with van der Waals surface area (Å²) >= 11 is 0. The molecule has 0 bridgehead atoms. The van der Waals surface area contributed by atoms with Gasteiger partial charge in [-0.05, 0) is 24.3 Å². The van der Waals surface area contributed by atoms with Crippen LogP contribution in [0, 0.1) is 0 Å². The first-order valence-electron chi connectivity index (χ1n) is 7.96. The molecular formula is C18H16N6O2. The van der Waals surface area contributed by atoms with E-state index in [1.807, 2.05) is 30.5 Å². The molecule has 4 heterocycles. The van der Waals surface area contributed by atoms with E-state index < -0.39 is 0 Å². The average molecular weight is 348 g/mol. The van der Waals surface area contributed by atoms with Crippen molar-refractivity contribution in [3.63, 3.8) is 0 Å². The number of aliphatic hydroxyl groups excluding tert-OH is 1. The van der Waals surface area contributed by atoms with Crippen LogP contribution in [-0.4, -0.2) is 36.8 Å². The number of nitrogens with one attached hydrogen (secondary N) is 1. The number of rotatable bonds is 5. The lowest BCUT2D eigenvalue weighted by atomic mass is 10.2. The summed E-state index contributed by atoms with van der Waals surface area (Å²) in [7, 11) is 1.56. The molecule has 0 aromatic carbocycles. The van der Waals surface area contributed by atoms with E-state index >= 15 is 0 Å². The fourth-order valence-corrected chi connectivity index (χ4v) is 2.59. The molecule has 0 fully saturated rings. The number of methoxy groups -OCH3 is 1. The summed E-state index contributed by atoms with van der Waals surface area (Å²) in [5.74, 6) is 1.55. The molecule has 8 nitrogen and oxygen atoms in total. The number of fused-ring (bicyclic) bond motifs is 1. The van der Waals surface area contributed by atoms with Gasteiger partial charge in [0, 0.05) is 35.9 Å². The first-order valence-corrected chi connectivity index (χ1v) is 7.96. The maximum atomic E-state index is 9.52. The largest absolute Gasteiger partial charge is 0.481 e. The molecule has 0 aliphatic heterocycles. The van der Waals surface area contributed by atoms with E-state index in [0.29, 0.717) is 28.8 Å². The van der Waals surface area contributed by atoms with Gasteiger partial charge in [-0.15, -0.1) is 5.10 Å². The van der Waals surface area contributed by atoms with Crippen LogP contribution in [0.4, 0.5) is 11.5 Å². The van der Waals surface area contributed by atoms with Crippen molar-refractivity contribution in [1.29, 1.82) is 0 Å². The molecular weight excluding hydrogens is 332 g/mol. The predicted octanol–water partition coefficient (Wildman–Crippen LogP) is 2.43. The minimum atomic E-state index is -0.122. The Morgan fingerprint density at radius 2 is 2.08 bits per heavy atom. The molecule has 4 aromatic heterocycles. The molecule has 26 heavy (non-hydrogen) atoms. The Labute approximate surface area is 149 Å². The molecule has 0 atom stereocenters. The zero-order chi connectivity index (χ0) is 17.9. The lowest BCUT2D eigenvalue weighted by molar-refractivity contribution is 0.282. The highest BCUT2D eigenvalue weighted by Gasteiger charge is 2.12. The highest BCUT2D eigenvalue weighted by Crippen LogP contribution is 2.25. The van der Waals surface area contributed by atoms with Gasteiger partial charge in [0.2, 0.25) is 11.7 Å². The summed E-state index contributed by atoms with van der Waals surface area (Å²) in [6.45, 7) is -0.122. The molecule has 0 spiro atoms. The summed E-state index contributed by atoms with van der Waals surface area (Å²) in [5.41, 5.74) is 2.81. The van der Waals surface area contributed by atoms with Gasteiger partial charge < -0.3 is 15.2 Å². The second-order valence-corrected chi connectivity index (χ2v) is 5.50. The van der Waals surface area contributed by atoms with Gasteiger partial charge in [0.1, 0.15) is 11.2 Å². The Morgan fingerprint density at radius 1 is 1.15 bits per heavy atom. The van der Waals surface area contributed by atoms with Crippen LogP contribution in [0.2, 0.25) is 0 Å². The number of aromatic nitrogens is 5. The molecule has 2 N–H and O–H groups in total. The van der Waals surface area contributed by atoms with Crippen molar-refractivity contribution in [2.24, 2.45) is 0 Å². The van der Waals surface area contributed by atoms with Crippen LogP contribution >= 0.6 is 0 Å². The van der Waals surface area contributed by atoms with Crippen LogP contribution in [0.1, 0.15) is 5.56 Å². The van der Waals surface area contributed by atoms with Gasteiger partial charge >= 0.3 is 0 Å². The maximum absolute atomic E-state index is 9.52. The van der Waals surface area contributed by atoms with Gasteiger partial charge in [-0.3, -0.25) is 4.98 Å². The third kappa shape index (κ3) is 2.93. The van der Waals surface area contributed by atoms with E-state index in [1.165, 1.54) is 0 Å². The van der Waals surface area contributed by atoms with E-state index in [9.17, 15) is 5.11 Å². The Kier molecular flexibility index (Phi) is 4.16. The minimum absolute atomic E-state index is 0.122. The summed E-state index contributed by atoms with van der Waals surface area (Å²) in [6.07, 6.45) is 5.11. The number of nitrogens with zero attached hydrogens (tertiary/aromatic N) is 5. The Balaban J connectivity index is 1.82. The standard InChI is InChI=1S/C18H16N6O2/c1-26-16-6-2-4-14(20-16)17-22-18(15-5-3-9-24(15)23-17)21-13-7-8-19-10-12(13)11-25/h2-10,25H,11H2,1H3,(H,19,21,22,23). The second kappa shape index (κ2) is 6.77. The van der Waals surface area contributed by atoms with Crippen molar-refractivity contribution >= 4 is 17.0 Å². The third-order valence-electron chi connectivity index (χ3n) is 3.88. The molecule has 130 valence electrons. The van der Waals surface area contributed by atoms with E-state index in [2.05, 4.69) is 25.4 Å². The Bertz CT molecular complexity index is 1060. The van der Waals surface area contributed by atoms with Crippen molar-refractivity contribution in [1.82, 2.24) is 24.6 Å². The van der Waals surface area contributed by atoms with E-state index in [-0.39, 0.29) is 6.61 Å². The molecule has 4 aromatic rings. The van der Waals surface area contributed by atoms with E-state index in [0.717, 1.165) is 11.2 Å². The van der Waals surface area contributed by atoms with Gasteiger partial charge in [0.25, 0.3) is 0 Å². The molecule has 0 aliphatic rings. The summed E-state index contributed by atoms with van der Waals surface area (Å²) < 4.78 is 6.91. The zero-order valence-corrected chi connectivity index (χ0v) is 14.0. The van der Waals surface area contributed by atoms with Crippen LogP contribution in [0.25, 0.3) is 17.0 Å². The van der Waals surface area contributed by atoms with Crippen molar-refractivity contribution in [2.75, 3.05) is 12.4 Å². The number of hydrogen-bond acceptors (Lipinski definition) is 7. The second-order valence-electron chi connectivity index (χ2n) is 5.50. The summed E-state index contributed by atoms with van der Waals surface area (Å²) in [6, 6.07) is 11.0. The maximum Gasteiger partial charge on any atom is 0.213 e. The number of hydrogen-bond donors (Lipinski definition) is 2. The summed E-state index contributed by atoms with van der Waals surface area (Å²) in [5, 5.41) is 17.3.